The van der Waals surface area contributed by atoms with Crippen molar-refractivity contribution in [3.63, 3.8) is 0 Å². The number of nitrogens with zero attached hydrogens (tertiary/aromatic N) is 4. The topological polar surface area (TPSA) is 84.2 Å². The number of anilines is 1. The highest BCUT2D eigenvalue weighted by molar-refractivity contribution is 8.13. The first-order chi connectivity index (χ1) is 10.4. The normalized spacial score (nSPS) is 10.6. The smallest absolute Gasteiger partial charge is 0.339 e. The monoisotopic (exact) mass is 361 g/mol. The second kappa shape index (κ2) is 9.11. The molecule has 1 heterocycles. The molecule has 0 saturated carbocycles. The standard InChI is InChI=1S/C12H19N5O2S3/c1-5-21-17(22-6-2)12(20)9-10(16(18)19)11(14-7-13-9)15-8(3)4/h7-8H,5-6H2,1-4H3,(H,13,14,15). The Balaban J connectivity index is 3.27. The highest BCUT2D eigenvalue weighted by atomic mass is 32.2. The SMILES string of the molecule is CCSN(SCC)C(=S)c1ncnc(NC(C)C)c1[N+](=O)[O-]. The number of hydrogen-bond acceptors (Lipinski definition) is 8. The predicted octanol–water partition coefficient (Wildman–Crippen LogP) is 3.52. The molecular weight excluding hydrogens is 342 g/mol. The zero-order valence-corrected chi connectivity index (χ0v) is 15.3. The van der Waals surface area contributed by atoms with Gasteiger partial charge in [-0.1, -0.05) is 26.1 Å². The van der Waals surface area contributed by atoms with Crippen LogP contribution in [-0.2, 0) is 0 Å². The fourth-order valence-corrected chi connectivity index (χ4v) is 3.84. The van der Waals surface area contributed by atoms with Gasteiger partial charge in [-0.3, -0.25) is 10.1 Å². The lowest BCUT2D eigenvalue weighted by atomic mass is 10.3. The minimum absolute atomic E-state index is 0.0150. The Morgan fingerprint density at radius 1 is 1.41 bits per heavy atom. The van der Waals surface area contributed by atoms with E-state index in [4.69, 9.17) is 12.2 Å². The van der Waals surface area contributed by atoms with Crippen LogP contribution in [0.4, 0.5) is 11.5 Å². The predicted molar refractivity (Wildman–Crippen MR) is 97.2 cm³/mol. The van der Waals surface area contributed by atoms with Crippen molar-refractivity contribution in [1.29, 1.82) is 0 Å². The zero-order chi connectivity index (χ0) is 16.7. The Hall–Kier alpha value is -1.13. The highest BCUT2D eigenvalue weighted by Gasteiger charge is 2.28. The quantitative estimate of drug-likeness (QED) is 0.323. The maximum atomic E-state index is 11.5. The molecule has 0 aromatic carbocycles. The molecule has 10 heteroatoms. The first-order valence-electron chi connectivity index (χ1n) is 6.78. The van der Waals surface area contributed by atoms with Gasteiger partial charge in [0.05, 0.1) is 4.92 Å². The molecule has 0 aliphatic rings. The molecule has 0 bridgehead atoms. The van der Waals surface area contributed by atoms with Crippen LogP contribution in [0.25, 0.3) is 0 Å². The minimum atomic E-state index is -0.488. The number of aromatic nitrogens is 2. The van der Waals surface area contributed by atoms with Crippen LogP contribution in [0.3, 0.4) is 0 Å². The number of nitrogens with one attached hydrogen (secondary N) is 1. The van der Waals surface area contributed by atoms with E-state index in [1.54, 1.807) is 3.71 Å². The van der Waals surface area contributed by atoms with Crippen molar-refractivity contribution in [3.8, 4) is 0 Å². The summed E-state index contributed by atoms with van der Waals surface area (Å²) in [6.45, 7) is 7.76. The van der Waals surface area contributed by atoms with Gasteiger partial charge in [0.2, 0.25) is 5.82 Å². The van der Waals surface area contributed by atoms with Gasteiger partial charge < -0.3 is 5.32 Å². The average Bonchev–Trinajstić information content (AvgIpc) is 2.45. The maximum Gasteiger partial charge on any atom is 0.339 e. The van der Waals surface area contributed by atoms with E-state index in [0.717, 1.165) is 11.5 Å². The van der Waals surface area contributed by atoms with Crippen LogP contribution in [0.1, 0.15) is 33.4 Å². The third-order valence-corrected chi connectivity index (χ3v) is 4.88. The van der Waals surface area contributed by atoms with Crippen LogP contribution in [0, 0.1) is 10.1 Å². The molecule has 0 atom stereocenters. The Labute approximate surface area is 144 Å². The lowest BCUT2D eigenvalue weighted by Crippen LogP contribution is -2.22. The largest absolute Gasteiger partial charge is 0.362 e. The van der Waals surface area contributed by atoms with Crippen molar-refractivity contribution in [1.82, 2.24) is 13.7 Å². The lowest BCUT2D eigenvalue weighted by molar-refractivity contribution is -0.384. The molecule has 1 aromatic heterocycles. The first-order valence-corrected chi connectivity index (χ1v) is 9.07. The van der Waals surface area contributed by atoms with Gasteiger partial charge >= 0.3 is 5.69 Å². The molecule has 1 rings (SSSR count). The molecule has 122 valence electrons. The van der Waals surface area contributed by atoms with Crippen molar-refractivity contribution in [2.45, 2.75) is 33.7 Å². The Kier molecular flexibility index (Phi) is 7.83. The van der Waals surface area contributed by atoms with Crippen LogP contribution >= 0.6 is 36.1 Å². The van der Waals surface area contributed by atoms with Crippen molar-refractivity contribution in [2.75, 3.05) is 16.8 Å². The molecule has 0 amide bonds. The summed E-state index contributed by atoms with van der Waals surface area (Å²) in [7, 11) is 0. The fraction of sp³-hybridized carbons (Fsp3) is 0.583. The number of rotatable bonds is 8. The van der Waals surface area contributed by atoms with Crippen LogP contribution in [0.5, 0.6) is 0 Å². The summed E-state index contributed by atoms with van der Waals surface area (Å²) in [4.78, 5) is 19.3. The van der Waals surface area contributed by atoms with E-state index >= 15 is 0 Å². The van der Waals surface area contributed by atoms with Gasteiger partial charge in [-0.05, 0) is 37.7 Å². The van der Waals surface area contributed by atoms with Gasteiger partial charge in [-0.15, -0.1) is 0 Å². The zero-order valence-electron chi connectivity index (χ0n) is 12.9. The molecule has 0 unspecified atom stereocenters. The van der Waals surface area contributed by atoms with Gasteiger partial charge in [0, 0.05) is 17.5 Å². The summed E-state index contributed by atoms with van der Waals surface area (Å²) in [5.41, 5.74) is -0.0142. The van der Waals surface area contributed by atoms with Crippen LogP contribution in [0.2, 0.25) is 0 Å². The van der Waals surface area contributed by atoms with Crippen LogP contribution < -0.4 is 5.32 Å². The summed E-state index contributed by atoms with van der Waals surface area (Å²) in [6.07, 6.45) is 1.30. The molecular formula is C12H19N5O2S3. The molecule has 0 fully saturated rings. The molecule has 7 nitrogen and oxygen atoms in total. The molecule has 0 saturated heterocycles. The Morgan fingerprint density at radius 2 is 2.00 bits per heavy atom. The second-order valence-electron chi connectivity index (χ2n) is 4.37. The third kappa shape index (κ3) is 4.96. The summed E-state index contributed by atoms with van der Waals surface area (Å²) in [5, 5.41) is 14.4. The van der Waals surface area contributed by atoms with Crippen LogP contribution in [0.15, 0.2) is 6.33 Å². The van der Waals surface area contributed by atoms with E-state index in [9.17, 15) is 10.1 Å². The van der Waals surface area contributed by atoms with E-state index < -0.39 is 4.92 Å². The third-order valence-electron chi connectivity index (χ3n) is 2.29. The molecule has 0 radical (unpaired) electrons. The van der Waals surface area contributed by atoms with Gasteiger partial charge in [-0.2, -0.15) is 0 Å². The van der Waals surface area contributed by atoms with Crippen molar-refractivity contribution in [2.24, 2.45) is 0 Å². The number of thiocarbonyl (C=S) groups is 1. The number of nitro groups is 1. The number of hydrogen-bond donors (Lipinski definition) is 1. The van der Waals surface area contributed by atoms with E-state index in [1.165, 1.54) is 30.2 Å². The maximum absolute atomic E-state index is 11.5. The van der Waals surface area contributed by atoms with E-state index in [0.29, 0.717) is 4.99 Å². The van der Waals surface area contributed by atoms with E-state index in [-0.39, 0.29) is 23.2 Å². The minimum Gasteiger partial charge on any atom is -0.362 e. The van der Waals surface area contributed by atoms with Gasteiger partial charge in [0.1, 0.15) is 6.33 Å². The Morgan fingerprint density at radius 3 is 2.45 bits per heavy atom. The van der Waals surface area contributed by atoms with Crippen LogP contribution in [-0.4, -0.2) is 41.1 Å². The summed E-state index contributed by atoms with van der Waals surface area (Å²) in [5.74, 6) is 1.81. The summed E-state index contributed by atoms with van der Waals surface area (Å²) >= 11 is 8.41. The first kappa shape index (κ1) is 18.9. The molecule has 0 aliphatic carbocycles. The summed E-state index contributed by atoms with van der Waals surface area (Å²) in [6, 6.07) is 0.0150. The fourth-order valence-electron chi connectivity index (χ4n) is 1.56. The van der Waals surface area contributed by atoms with Crippen molar-refractivity contribution < 1.29 is 4.92 Å². The van der Waals surface area contributed by atoms with Gasteiger partial charge in [0.25, 0.3) is 0 Å². The van der Waals surface area contributed by atoms with E-state index in [1.807, 2.05) is 27.7 Å². The van der Waals surface area contributed by atoms with Crippen molar-refractivity contribution >= 4 is 52.6 Å². The lowest BCUT2D eigenvalue weighted by Gasteiger charge is -2.21. The summed E-state index contributed by atoms with van der Waals surface area (Å²) < 4.78 is 1.80. The van der Waals surface area contributed by atoms with Gasteiger partial charge in [-0.25, -0.2) is 13.7 Å². The molecule has 1 N–H and O–H groups in total. The Bertz CT molecular complexity index is 535. The highest BCUT2D eigenvalue weighted by Crippen LogP contribution is 2.31. The second-order valence-corrected chi connectivity index (χ2v) is 7.39. The van der Waals surface area contributed by atoms with Crippen molar-refractivity contribution in [3.05, 3.63) is 22.1 Å². The molecule has 0 aliphatic heterocycles. The molecule has 0 spiro atoms. The average molecular weight is 362 g/mol. The van der Waals surface area contributed by atoms with E-state index in [2.05, 4.69) is 15.3 Å². The van der Waals surface area contributed by atoms with Gasteiger partial charge in [0.15, 0.2) is 10.7 Å². The molecule has 1 aromatic rings. The molecule has 22 heavy (non-hydrogen) atoms.